The molecule has 2 aromatic rings. The molecule has 1 aliphatic heterocycles. The van der Waals surface area contributed by atoms with Crippen LogP contribution in [-0.4, -0.2) is 27.8 Å². The Kier molecular flexibility index (Phi) is 4.27. The van der Waals surface area contributed by atoms with Gasteiger partial charge >= 0.3 is 5.97 Å². The molecule has 0 amide bonds. The van der Waals surface area contributed by atoms with Gasteiger partial charge in [-0.1, -0.05) is 24.3 Å². The SMILES string of the molecule is COC(=O)c1ccc(C2=C(SC)S(=O)(=O)c3cc(C)ccc32)cc1. The lowest BCUT2D eigenvalue weighted by atomic mass is 9.98. The Morgan fingerprint density at radius 1 is 1.08 bits per heavy atom. The molecule has 3 rings (SSSR count). The van der Waals surface area contributed by atoms with Gasteiger partial charge in [0.15, 0.2) is 0 Å². The number of fused-ring (bicyclic) bond motifs is 1. The molecule has 6 heteroatoms. The summed E-state index contributed by atoms with van der Waals surface area (Å²) in [6.07, 6.45) is 1.76. The fourth-order valence-electron chi connectivity index (χ4n) is 2.78. The Morgan fingerprint density at radius 3 is 2.33 bits per heavy atom. The standard InChI is InChI=1S/C18H16O4S2/c1-11-4-9-14-15(10-11)24(20,21)18(23-3)16(14)12-5-7-13(8-6-12)17(19)22-2/h4-10H,1-3H3. The maximum absolute atomic E-state index is 12.8. The van der Waals surface area contributed by atoms with Crippen LogP contribution in [0.2, 0.25) is 0 Å². The Bertz CT molecular complexity index is 955. The number of thioether (sulfide) groups is 1. The molecular weight excluding hydrogens is 344 g/mol. The average Bonchev–Trinajstić information content (AvgIpc) is 2.81. The second-order valence-corrected chi connectivity index (χ2v) is 8.37. The first-order valence-electron chi connectivity index (χ1n) is 7.23. The first kappa shape index (κ1) is 16.8. The van der Waals surface area contributed by atoms with Gasteiger partial charge in [-0.15, -0.1) is 11.8 Å². The Balaban J connectivity index is 2.21. The Hall–Kier alpha value is -2.05. The van der Waals surface area contributed by atoms with E-state index < -0.39 is 15.8 Å². The van der Waals surface area contributed by atoms with Crippen LogP contribution in [0.4, 0.5) is 0 Å². The lowest BCUT2D eigenvalue weighted by Gasteiger charge is -2.07. The first-order chi connectivity index (χ1) is 11.4. The van der Waals surface area contributed by atoms with Crippen molar-refractivity contribution < 1.29 is 17.9 Å². The van der Waals surface area contributed by atoms with Crippen molar-refractivity contribution in [1.82, 2.24) is 0 Å². The van der Waals surface area contributed by atoms with Gasteiger partial charge in [0.05, 0.1) is 17.6 Å². The number of benzene rings is 2. The van der Waals surface area contributed by atoms with Crippen molar-refractivity contribution in [3.63, 3.8) is 0 Å². The molecule has 0 unspecified atom stereocenters. The number of carbonyl (C=O) groups excluding carboxylic acids is 1. The first-order valence-corrected chi connectivity index (χ1v) is 9.94. The summed E-state index contributed by atoms with van der Waals surface area (Å²) in [4.78, 5) is 11.9. The number of aryl methyl sites for hydroxylation is 1. The number of esters is 1. The number of sulfone groups is 1. The lowest BCUT2D eigenvalue weighted by molar-refractivity contribution is 0.0600. The van der Waals surface area contributed by atoms with Crippen LogP contribution in [0.3, 0.4) is 0 Å². The normalized spacial score (nSPS) is 15.3. The molecule has 1 heterocycles. The minimum atomic E-state index is -3.50. The maximum Gasteiger partial charge on any atom is 0.337 e. The fraction of sp³-hybridized carbons (Fsp3) is 0.167. The van der Waals surface area contributed by atoms with Crippen LogP contribution in [0.5, 0.6) is 0 Å². The molecule has 1 aliphatic rings. The summed E-state index contributed by atoms with van der Waals surface area (Å²) in [5.41, 5.74) is 3.49. The third-order valence-corrected chi connectivity index (χ3v) is 7.27. The smallest absolute Gasteiger partial charge is 0.337 e. The summed E-state index contributed by atoms with van der Waals surface area (Å²) >= 11 is 1.22. The predicted octanol–water partition coefficient (Wildman–Crippen LogP) is 3.65. The number of methoxy groups -OCH3 is 1. The lowest BCUT2D eigenvalue weighted by Crippen LogP contribution is -2.01. The van der Waals surface area contributed by atoms with Gasteiger partial charge in [0, 0.05) is 11.1 Å². The monoisotopic (exact) mass is 360 g/mol. The number of ether oxygens (including phenoxy) is 1. The number of hydrogen-bond acceptors (Lipinski definition) is 5. The van der Waals surface area contributed by atoms with Gasteiger partial charge < -0.3 is 4.74 Å². The maximum atomic E-state index is 12.8. The zero-order valence-corrected chi connectivity index (χ0v) is 15.1. The molecule has 0 aromatic heterocycles. The van der Waals surface area contributed by atoms with Gasteiger partial charge in [-0.05, 0) is 42.5 Å². The predicted molar refractivity (Wildman–Crippen MR) is 95.7 cm³/mol. The van der Waals surface area contributed by atoms with E-state index in [-0.39, 0.29) is 0 Å². The van der Waals surface area contributed by atoms with E-state index in [1.807, 2.05) is 19.1 Å². The van der Waals surface area contributed by atoms with E-state index in [0.717, 1.165) is 11.1 Å². The summed E-state index contributed by atoms with van der Waals surface area (Å²) in [5, 5.41) is 0. The van der Waals surface area contributed by atoms with Crippen molar-refractivity contribution in [2.24, 2.45) is 0 Å². The summed E-state index contributed by atoms with van der Waals surface area (Å²) < 4.78 is 30.7. The van der Waals surface area contributed by atoms with E-state index in [4.69, 9.17) is 4.74 Å². The van der Waals surface area contributed by atoms with Crippen LogP contribution in [0.1, 0.15) is 27.0 Å². The third-order valence-electron chi connectivity index (χ3n) is 3.92. The second kappa shape index (κ2) is 6.11. The summed E-state index contributed by atoms with van der Waals surface area (Å²) in [5.74, 6) is -0.421. The van der Waals surface area contributed by atoms with Gasteiger partial charge in [-0.25, -0.2) is 13.2 Å². The van der Waals surface area contributed by atoms with Crippen molar-refractivity contribution in [3.05, 3.63) is 69.0 Å². The number of hydrogen-bond donors (Lipinski definition) is 0. The number of rotatable bonds is 3. The zero-order chi connectivity index (χ0) is 17.5. The molecule has 0 saturated heterocycles. The quantitative estimate of drug-likeness (QED) is 0.782. The minimum absolute atomic E-state index is 0.342. The fourth-order valence-corrected chi connectivity index (χ4v) is 5.85. The van der Waals surface area contributed by atoms with E-state index in [1.54, 1.807) is 36.6 Å². The Morgan fingerprint density at radius 2 is 1.75 bits per heavy atom. The van der Waals surface area contributed by atoms with Crippen LogP contribution in [0.25, 0.3) is 5.57 Å². The highest BCUT2D eigenvalue weighted by atomic mass is 32.3. The topological polar surface area (TPSA) is 60.4 Å². The molecule has 0 N–H and O–H groups in total. The molecule has 0 atom stereocenters. The van der Waals surface area contributed by atoms with E-state index in [9.17, 15) is 13.2 Å². The van der Waals surface area contributed by atoms with Crippen LogP contribution in [0.15, 0.2) is 51.6 Å². The highest BCUT2D eigenvalue weighted by Crippen LogP contribution is 2.46. The van der Waals surface area contributed by atoms with Crippen LogP contribution >= 0.6 is 11.8 Å². The molecule has 0 spiro atoms. The van der Waals surface area contributed by atoms with Gasteiger partial charge in [0.25, 0.3) is 0 Å². The van der Waals surface area contributed by atoms with Gasteiger partial charge in [0.1, 0.15) is 4.24 Å². The van der Waals surface area contributed by atoms with Crippen LogP contribution in [-0.2, 0) is 14.6 Å². The molecule has 24 heavy (non-hydrogen) atoms. The average molecular weight is 360 g/mol. The van der Waals surface area contributed by atoms with Crippen molar-refractivity contribution in [3.8, 4) is 0 Å². The molecule has 4 nitrogen and oxygen atoms in total. The highest BCUT2D eigenvalue weighted by Gasteiger charge is 2.35. The molecule has 124 valence electrons. The number of carbonyl (C=O) groups is 1. The largest absolute Gasteiger partial charge is 0.465 e. The van der Waals surface area contributed by atoms with Crippen molar-refractivity contribution >= 4 is 33.1 Å². The Labute approximate surface area is 145 Å². The molecular formula is C18H16O4S2. The van der Waals surface area contributed by atoms with Crippen molar-refractivity contribution in [2.45, 2.75) is 11.8 Å². The molecule has 2 aromatic carbocycles. The molecule has 0 aliphatic carbocycles. The summed E-state index contributed by atoms with van der Waals surface area (Å²) in [7, 11) is -2.17. The minimum Gasteiger partial charge on any atom is -0.465 e. The third kappa shape index (κ3) is 2.56. The van der Waals surface area contributed by atoms with Gasteiger partial charge in [-0.3, -0.25) is 0 Å². The van der Waals surface area contributed by atoms with Crippen LogP contribution < -0.4 is 0 Å². The van der Waals surface area contributed by atoms with Crippen LogP contribution in [0, 0.1) is 6.92 Å². The van der Waals surface area contributed by atoms with Gasteiger partial charge in [-0.2, -0.15) is 0 Å². The van der Waals surface area contributed by atoms with Gasteiger partial charge in [0.2, 0.25) is 9.84 Å². The molecule has 0 radical (unpaired) electrons. The molecule has 0 saturated carbocycles. The van der Waals surface area contributed by atoms with E-state index in [1.165, 1.54) is 18.9 Å². The molecule has 0 bridgehead atoms. The van der Waals surface area contributed by atoms with E-state index in [0.29, 0.717) is 25.8 Å². The highest BCUT2D eigenvalue weighted by molar-refractivity contribution is 8.18. The van der Waals surface area contributed by atoms with Crippen molar-refractivity contribution in [1.29, 1.82) is 0 Å². The molecule has 0 fully saturated rings. The van der Waals surface area contributed by atoms with Crippen molar-refractivity contribution in [2.75, 3.05) is 13.4 Å². The second-order valence-electron chi connectivity index (χ2n) is 5.44. The summed E-state index contributed by atoms with van der Waals surface area (Å²) in [6.45, 7) is 1.87. The van der Waals surface area contributed by atoms with E-state index >= 15 is 0 Å². The zero-order valence-electron chi connectivity index (χ0n) is 13.5. The van der Waals surface area contributed by atoms with E-state index in [2.05, 4.69) is 0 Å². The summed E-state index contributed by atoms with van der Waals surface area (Å²) in [6, 6.07) is 12.2.